The van der Waals surface area contributed by atoms with E-state index in [1.165, 1.54) is 0 Å². The van der Waals surface area contributed by atoms with Crippen LogP contribution in [0.5, 0.6) is 0 Å². The predicted molar refractivity (Wildman–Crippen MR) is 87.4 cm³/mol. The maximum Gasteiger partial charge on any atom is 0.166 e. The second-order valence-corrected chi connectivity index (χ2v) is 6.44. The summed E-state index contributed by atoms with van der Waals surface area (Å²) in [5, 5.41) is 3.15. The second-order valence-electron chi connectivity index (χ2n) is 6.44. The summed E-state index contributed by atoms with van der Waals surface area (Å²) in [7, 11) is 0. The number of hydrogen-bond acceptors (Lipinski definition) is 2. The molecule has 0 aliphatic carbocycles. The molecule has 1 aromatic carbocycles. The Bertz CT molecular complexity index is 503. The Hall–Kier alpha value is -0.560. The van der Waals surface area contributed by atoms with Gasteiger partial charge in [-0.3, -0.25) is 4.90 Å². The molecule has 0 bridgehead atoms. The number of hydrogen-bond donors (Lipinski definition) is 1. The third-order valence-corrected chi connectivity index (χ3v) is 3.76. The fraction of sp³-hybridized carbons (Fsp3) is 0.600. The minimum atomic E-state index is -1.35. The molecule has 23 heavy (non-hydrogen) atoms. The van der Waals surface area contributed by atoms with Crippen LogP contribution in [0.1, 0.15) is 32.4 Å². The van der Waals surface area contributed by atoms with Crippen LogP contribution in [-0.4, -0.2) is 31.1 Å². The smallest absolute Gasteiger partial charge is 0.166 e. The summed E-state index contributed by atoms with van der Waals surface area (Å²) in [5.74, 6) is -5.30. The van der Waals surface area contributed by atoms with E-state index in [9.17, 15) is 17.6 Å². The average Bonchev–Trinajstić information content (AvgIpc) is 2.41. The van der Waals surface area contributed by atoms with Gasteiger partial charge in [0.15, 0.2) is 23.3 Å². The molecule has 2 nitrogen and oxygen atoms in total. The molecule has 0 unspecified atom stereocenters. The van der Waals surface area contributed by atoms with Gasteiger partial charge in [-0.1, -0.05) is 20.8 Å². The first-order valence-electron chi connectivity index (χ1n) is 7.01. The summed E-state index contributed by atoms with van der Waals surface area (Å²) in [5.41, 5.74) is -1.08. The zero-order chi connectivity index (χ0) is 15.8. The summed E-state index contributed by atoms with van der Waals surface area (Å²) in [6.07, 6.45) is 0. The van der Waals surface area contributed by atoms with E-state index in [1.54, 1.807) is 20.8 Å². The van der Waals surface area contributed by atoms with E-state index in [2.05, 4.69) is 5.32 Å². The van der Waals surface area contributed by atoms with Gasteiger partial charge in [0.25, 0.3) is 0 Å². The van der Waals surface area contributed by atoms with Crippen molar-refractivity contribution in [1.82, 2.24) is 10.2 Å². The first-order valence-corrected chi connectivity index (χ1v) is 7.01. The zero-order valence-corrected chi connectivity index (χ0v) is 14.9. The topological polar surface area (TPSA) is 15.3 Å². The van der Waals surface area contributed by atoms with Crippen molar-refractivity contribution in [3.63, 3.8) is 0 Å². The number of nitrogens with one attached hydrogen (secondary N) is 1. The molecule has 1 N–H and O–H groups in total. The van der Waals surface area contributed by atoms with Crippen LogP contribution in [-0.2, 0) is 0 Å². The summed E-state index contributed by atoms with van der Waals surface area (Å²) in [6.45, 7) is 7.91. The van der Waals surface area contributed by atoms with Gasteiger partial charge >= 0.3 is 0 Å². The van der Waals surface area contributed by atoms with Crippen LogP contribution in [0.4, 0.5) is 17.6 Å². The largest absolute Gasteiger partial charge is 0.314 e. The number of benzene rings is 1. The Labute approximate surface area is 146 Å². The highest BCUT2D eigenvalue weighted by atomic mass is 35.5. The first kappa shape index (κ1) is 22.4. The SMILES string of the molecule is CC(C)(C)[C@@H](c1c(F)c(F)cc(F)c1F)N1CCNCC1.Cl.Cl. The quantitative estimate of drug-likeness (QED) is 0.617. The Morgan fingerprint density at radius 3 is 1.78 bits per heavy atom. The number of halogens is 6. The lowest BCUT2D eigenvalue weighted by Crippen LogP contribution is -2.48. The van der Waals surface area contributed by atoms with Crippen molar-refractivity contribution in [2.24, 2.45) is 5.41 Å². The van der Waals surface area contributed by atoms with Crippen molar-refractivity contribution in [3.05, 3.63) is 34.9 Å². The lowest BCUT2D eigenvalue weighted by Gasteiger charge is -2.42. The Kier molecular flexibility index (Phi) is 8.30. The molecule has 1 saturated heterocycles. The fourth-order valence-corrected chi connectivity index (χ4v) is 2.94. The van der Waals surface area contributed by atoms with E-state index >= 15 is 0 Å². The van der Waals surface area contributed by atoms with Crippen molar-refractivity contribution in [1.29, 1.82) is 0 Å². The zero-order valence-electron chi connectivity index (χ0n) is 13.3. The highest BCUT2D eigenvalue weighted by Gasteiger charge is 2.38. The maximum absolute atomic E-state index is 14.2. The van der Waals surface area contributed by atoms with Gasteiger partial charge in [-0.2, -0.15) is 0 Å². The van der Waals surface area contributed by atoms with E-state index in [4.69, 9.17) is 0 Å². The molecule has 0 radical (unpaired) electrons. The molecule has 1 fully saturated rings. The van der Waals surface area contributed by atoms with Crippen LogP contribution in [0.2, 0.25) is 0 Å². The monoisotopic (exact) mass is 376 g/mol. The van der Waals surface area contributed by atoms with Gasteiger partial charge in [0, 0.05) is 43.9 Å². The molecule has 2 rings (SSSR count). The number of piperazine rings is 1. The van der Waals surface area contributed by atoms with E-state index < -0.39 is 40.3 Å². The lowest BCUT2D eigenvalue weighted by atomic mass is 9.80. The second kappa shape index (κ2) is 8.51. The van der Waals surface area contributed by atoms with Crippen LogP contribution < -0.4 is 5.32 Å². The molecule has 0 aromatic heterocycles. The summed E-state index contributed by atoms with van der Waals surface area (Å²) in [6, 6.07) is -0.476. The van der Waals surface area contributed by atoms with Crippen LogP contribution in [0.3, 0.4) is 0 Å². The summed E-state index contributed by atoms with van der Waals surface area (Å²) >= 11 is 0. The van der Waals surface area contributed by atoms with E-state index in [1.807, 2.05) is 4.90 Å². The van der Waals surface area contributed by atoms with E-state index in [0.717, 1.165) is 0 Å². The van der Waals surface area contributed by atoms with Gasteiger partial charge in [0.1, 0.15) is 0 Å². The Morgan fingerprint density at radius 1 is 0.957 bits per heavy atom. The van der Waals surface area contributed by atoms with Crippen LogP contribution in [0, 0.1) is 28.7 Å². The molecular formula is C15H22Cl2F4N2. The van der Waals surface area contributed by atoms with Crippen molar-refractivity contribution in [3.8, 4) is 0 Å². The van der Waals surface area contributed by atoms with Crippen LogP contribution >= 0.6 is 24.8 Å². The molecule has 1 aliphatic rings. The van der Waals surface area contributed by atoms with Gasteiger partial charge in [-0.15, -0.1) is 24.8 Å². The number of nitrogens with zero attached hydrogens (tertiary/aromatic N) is 1. The van der Waals surface area contributed by atoms with E-state index in [0.29, 0.717) is 26.2 Å². The highest BCUT2D eigenvalue weighted by Crippen LogP contribution is 2.41. The van der Waals surface area contributed by atoms with Crippen LogP contribution in [0.15, 0.2) is 6.07 Å². The standard InChI is InChI=1S/C15H20F4N2.2ClH/c1-15(2,3)14(21-6-4-20-5-7-21)11-12(18)9(16)8-10(17)13(11)19;;/h8,14,20H,4-7H2,1-3H3;2*1H/t14-;;/m1../s1. The molecule has 134 valence electrons. The fourth-order valence-electron chi connectivity index (χ4n) is 2.94. The molecule has 1 atom stereocenters. The third kappa shape index (κ3) is 4.72. The molecule has 1 aliphatic heterocycles. The number of rotatable bonds is 2. The Balaban J connectivity index is 0.00000242. The summed E-state index contributed by atoms with van der Waals surface area (Å²) < 4.78 is 55.4. The highest BCUT2D eigenvalue weighted by molar-refractivity contribution is 5.85. The van der Waals surface area contributed by atoms with Crippen molar-refractivity contribution >= 4 is 24.8 Å². The minimum absolute atomic E-state index is 0. The lowest BCUT2D eigenvalue weighted by molar-refractivity contribution is 0.0791. The summed E-state index contributed by atoms with van der Waals surface area (Å²) in [4.78, 5) is 1.87. The molecule has 1 aromatic rings. The van der Waals surface area contributed by atoms with Gasteiger partial charge in [-0.05, 0) is 5.41 Å². The normalized spacial score (nSPS) is 17.2. The molecular weight excluding hydrogens is 355 g/mol. The van der Waals surface area contributed by atoms with Gasteiger partial charge in [0.05, 0.1) is 0 Å². The predicted octanol–water partition coefficient (Wildman–Crippen LogP) is 4.08. The third-order valence-electron chi connectivity index (χ3n) is 3.76. The molecule has 1 heterocycles. The van der Waals surface area contributed by atoms with Crippen molar-refractivity contribution in [2.75, 3.05) is 26.2 Å². The maximum atomic E-state index is 14.2. The Morgan fingerprint density at radius 2 is 1.39 bits per heavy atom. The molecule has 0 saturated carbocycles. The van der Waals surface area contributed by atoms with Crippen molar-refractivity contribution in [2.45, 2.75) is 26.8 Å². The van der Waals surface area contributed by atoms with Gasteiger partial charge in [-0.25, -0.2) is 17.6 Å². The molecule has 0 amide bonds. The minimum Gasteiger partial charge on any atom is -0.314 e. The van der Waals surface area contributed by atoms with Crippen molar-refractivity contribution < 1.29 is 17.6 Å². The van der Waals surface area contributed by atoms with Crippen LogP contribution in [0.25, 0.3) is 0 Å². The molecule has 8 heteroatoms. The average molecular weight is 377 g/mol. The van der Waals surface area contributed by atoms with E-state index in [-0.39, 0.29) is 30.9 Å². The van der Waals surface area contributed by atoms with Gasteiger partial charge in [0.2, 0.25) is 0 Å². The molecule has 0 spiro atoms. The van der Waals surface area contributed by atoms with Gasteiger partial charge < -0.3 is 5.32 Å². The first-order chi connectivity index (χ1) is 9.73.